The quantitative estimate of drug-likeness (QED) is 0.456. The van der Waals surface area contributed by atoms with E-state index in [1.807, 2.05) is 32.1 Å². The van der Waals surface area contributed by atoms with E-state index in [2.05, 4.69) is 22.4 Å². The Labute approximate surface area is 187 Å². The SMILES string of the molecule is C=CCN1CCN(c2nc3cc(C(=O)OC)ccc3c(=O)n2-c2cc(C)cc(C)c2)CC1. The number of fused-ring (bicyclic) bond motifs is 1. The van der Waals surface area contributed by atoms with Crippen LogP contribution < -0.4 is 10.5 Å². The van der Waals surface area contributed by atoms with E-state index < -0.39 is 5.97 Å². The van der Waals surface area contributed by atoms with E-state index in [4.69, 9.17) is 9.72 Å². The van der Waals surface area contributed by atoms with Crippen LogP contribution in [0.3, 0.4) is 0 Å². The third-order valence-electron chi connectivity index (χ3n) is 5.78. The van der Waals surface area contributed by atoms with Crippen LogP contribution in [0.25, 0.3) is 16.6 Å². The second-order valence-electron chi connectivity index (χ2n) is 8.20. The van der Waals surface area contributed by atoms with Gasteiger partial charge in [0.2, 0.25) is 5.95 Å². The maximum absolute atomic E-state index is 13.7. The average Bonchev–Trinajstić information content (AvgIpc) is 2.78. The molecule has 4 rings (SSSR count). The van der Waals surface area contributed by atoms with Crippen LogP contribution >= 0.6 is 0 Å². The molecule has 0 aliphatic carbocycles. The van der Waals surface area contributed by atoms with Crippen molar-refractivity contribution in [3.63, 3.8) is 0 Å². The number of rotatable bonds is 5. The Bertz CT molecular complexity index is 1220. The van der Waals surface area contributed by atoms with Gasteiger partial charge in [-0.3, -0.25) is 9.69 Å². The average molecular weight is 433 g/mol. The third kappa shape index (κ3) is 4.16. The lowest BCUT2D eigenvalue weighted by atomic mass is 10.1. The Morgan fingerprint density at radius 1 is 1.09 bits per heavy atom. The van der Waals surface area contributed by atoms with Crippen molar-refractivity contribution >= 4 is 22.8 Å². The van der Waals surface area contributed by atoms with E-state index in [1.54, 1.807) is 22.8 Å². The number of benzene rings is 2. The molecule has 0 unspecified atom stereocenters. The van der Waals surface area contributed by atoms with Crippen molar-refractivity contribution in [2.45, 2.75) is 13.8 Å². The number of ether oxygens (including phenoxy) is 1. The molecule has 2 heterocycles. The van der Waals surface area contributed by atoms with Gasteiger partial charge >= 0.3 is 5.97 Å². The summed E-state index contributed by atoms with van der Waals surface area (Å²) in [4.78, 5) is 35.1. The Morgan fingerprint density at radius 2 is 1.78 bits per heavy atom. The van der Waals surface area contributed by atoms with E-state index >= 15 is 0 Å². The molecule has 7 heteroatoms. The molecule has 0 bridgehead atoms. The van der Waals surface area contributed by atoms with E-state index in [-0.39, 0.29) is 5.56 Å². The molecule has 2 aromatic carbocycles. The zero-order valence-electron chi connectivity index (χ0n) is 18.8. The van der Waals surface area contributed by atoms with Crippen LogP contribution in [-0.2, 0) is 4.74 Å². The molecule has 1 aliphatic heterocycles. The van der Waals surface area contributed by atoms with Crippen molar-refractivity contribution in [1.82, 2.24) is 14.5 Å². The predicted molar refractivity (Wildman–Crippen MR) is 127 cm³/mol. The molecular weight excluding hydrogens is 404 g/mol. The normalized spacial score (nSPS) is 14.5. The topological polar surface area (TPSA) is 67.7 Å². The van der Waals surface area contributed by atoms with Gasteiger partial charge in [-0.1, -0.05) is 12.1 Å². The van der Waals surface area contributed by atoms with Crippen LogP contribution in [0.4, 0.5) is 5.95 Å². The zero-order valence-corrected chi connectivity index (χ0v) is 18.8. The minimum Gasteiger partial charge on any atom is -0.465 e. The van der Waals surface area contributed by atoms with Gasteiger partial charge in [-0.05, 0) is 55.3 Å². The van der Waals surface area contributed by atoms with Crippen LogP contribution in [0.15, 0.2) is 53.8 Å². The second kappa shape index (κ2) is 8.96. The molecule has 1 fully saturated rings. The predicted octanol–water partition coefficient (Wildman–Crippen LogP) is 3.10. The third-order valence-corrected chi connectivity index (χ3v) is 5.78. The monoisotopic (exact) mass is 432 g/mol. The number of hydrogen-bond acceptors (Lipinski definition) is 6. The number of nitrogens with zero attached hydrogens (tertiary/aromatic N) is 4. The first-order chi connectivity index (χ1) is 15.4. The summed E-state index contributed by atoms with van der Waals surface area (Å²) in [6, 6.07) is 11.0. The highest BCUT2D eigenvalue weighted by Crippen LogP contribution is 2.23. The number of carbonyl (C=O) groups excluding carboxylic acids is 1. The summed E-state index contributed by atoms with van der Waals surface area (Å²) in [6.45, 7) is 11.9. The smallest absolute Gasteiger partial charge is 0.337 e. The summed E-state index contributed by atoms with van der Waals surface area (Å²) in [5, 5.41) is 0.464. The molecule has 166 valence electrons. The molecule has 1 saturated heterocycles. The summed E-state index contributed by atoms with van der Waals surface area (Å²) in [6.07, 6.45) is 1.91. The lowest BCUT2D eigenvalue weighted by Crippen LogP contribution is -2.48. The van der Waals surface area contributed by atoms with Gasteiger partial charge in [-0.15, -0.1) is 6.58 Å². The number of hydrogen-bond donors (Lipinski definition) is 0. The first-order valence-electron chi connectivity index (χ1n) is 10.7. The number of piperazine rings is 1. The van der Waals surface area contributed by atoms with E-state index in [1.165, 1.54) is 7.11 Å². The van der Waals surface area contributed by atoms with Crippen LogP contribution in [0.2, 0.25) is 0 Å². The van der Waals surface area contributed by atoms with Gasteiger partial charge in [-0.2, -0.15) is 0 Å². The Balaban J connectivity index is 1.90. The van der Waals surface area contributed by atoms with Crippen LogP contribution in [0.5, 0.6) is 0 Å². The molecule has 7 nitrogen and oxygen atoms in total. The number of methoxy groups -OCH3 is 1. The van der Waals surface area contributed by atoms with E-state index in [0.717, 1.165) is 49.5 Å². The molecule has 0 N–H and O–H groups in total. The largest absolute Gasteiger partial charge is 0.465 e. The molecular formula is C25H28N4O3. The molecule has 0 saturated carbocycles. The molecule has 0 atom stereocenters. The molecule has 1 aliphatic rings. The fraction of sp³-hybridized carbons (Fsp3) is 0.320. The zero-order chi connectivity index (χ0) is 22.8. The van der Waals surface area contributed by atoms with Crippen molar-refractivity contribution in [1.29, 1.82) is 0 Å². The van der Waals surface area contributed by atoms with Crippen molar-refractivity contribution in [3.05, 3.63) is 76.1 Å². The molecule has 0 spiro atoms. The van der Waals surface area contributed by atoms with Gasteiger partial charge in [0.15, 0.2) is 0 Å². The van der Waals surface area contributed by atoms with Crippen LogP contribution in [0.1, 0.15) is 21.5 Å². The summed E-state index contributed by atoms with van der Waals surface area (Å²) >= 11 is 0. The molecule has 0 amide bonds. The Morgan fingerprint density at radius 3 is 2.41 bits per heavy atom. The highest BCUT2D eigenvalue weighted by molar-refractivity contribution is 5.94. The molecule has 32 heavy (non-hydrogen) atoms. The Hall–Kier alpha value is -3.45. The maximum Gasteiger partial charge on any atom is 0.337 e. The first-order valence-corrected chi connectivity index (χ1v) is 10.7. The van der Waals surface area contributed by atoms with Crippen molar-refractivity contribution < 1.29 is 9.53 Å². The number of esters is 1. The van der Waals surface area contributed by atoms with Crippen molar-refractivity contribution in [2.75, 3.05) is 44.7 Å². The molecule has 3 aromatic rings. The van der Waals surface area contributed by atoms with Gasteiger partial charge in [0.1, 0.15) is 0 Å². The lowest BCUT2D eigenvalue weighted by Gasteiger charge is -2.35. The van der Waals surface area contributed by atoms with Gasteiger partial charge in [0.05, 0.1) is 29.3 Å². The summed E-state index contributed by atoms with van der Waals surface area (Å²) in [5.41, 5.74) is 3.66. The second-order valence-corrected chi connectivity index (χ2v) is 8.20. The fourth-order valence-corrected chi connectivity index (χ4v) is 4.26. The van der Waals surface area contributed by atoms with Crippen molar-refractivity contribution in [2.24, 2.45) is 0 Å². The van der Waals surface area contributed by atoms with Crippen molar-refractivity contribution in [3.8, 4) is 5.69 Å². The number of aromatic nitrogens is 2. The van der Waals surface area contributed by atoms with E-state index in [9.17, 15) is 9.59 Å². The van der Waals surface area contributed by atoms with Gasteiger partial charge < -0.3 is 9.64 Å². The van der Waals surface area contributed by atoms with Gasteiger partial charge in [0, 0.05) is 32.7 Å². The van der Waals surface area contributed by atoms with Gasteiger partial charge in [-0.25, -0.2) is 14.3 Å². The summed E-state index contributed by atoms with van der Waals surface area (Å²) < 4.78 is 6.54. The van der Waals surface area contributed by atoms with Gasteiger partial charge in [0.25, 0.3) is 5.56 Å². The molecule has 0 radical (unpaired) electrons. The highest BCUT2D eigenvalue weighted by atomic mass is 16.5. The number of anilines is 1. The summed E-state index contributed by atoms with van der Waals surface area (Å²) in [5.74, 6) is 0.138. The minimum atomic E-state index is -0.452. The first kappa shape index (κ1) is 21.8. The minimum absolute atomic E-state index is 0.153. The highest BCUT2D eigenvalue weighted by Gasteiger charge is 2.23. The molecule has 1 aromatic heterocycles. The van der Waals surface area contributed by atoms with Crippen LogP contribution in [0, 0.1) is 13.8 Å². The standard InChI is InChI=1S/C25H28N4O3/c1-5-8-27-9-11-28(12-10-27)25-26-22-16-19(24(31)32-4)6-7-21(22)23(30)29(25)20-14-17(2)13-18(3)15-20/h5-7,13-16H,1,8-12H2,2-4H3. The Kier molecular flexibility index (Phi) is 6.10. The summed E-state index contributed by atoms with van der Waals surface area (Å²) in [7, 11) is 1.34. The lowest BCUT2D eigenvalue weighted by molar-refractivity contribution is 0.0601. The fourth-order valence-electron chi connectivity index (χ4n) is 4.26. The number of aryl methyl sites for hydroxylation is 2. The van der Waals surface area contributed by atoms with E-state index in [0.29, 0.717) is 22.4 Å². The maximum atomic E-state index is 13.7. The van der Waals surface area contributed by atoms with Crippen LogP contribution in [-0.4, -0.2) is 60.3 Å². The number of carbonyl (C=O) groups is 1.